The summed E-state index contributed by atoms with van der Waals surface area (Å²) >= 11 is 0. The third kappa shape index (κ3) is 4.07. The number of hydrogen-bond acceptors (Lipinski definition) is 3. The highest BCUT2D eigenvalue weighted by Gasteiger charge is 2.35. The minimum absolute atomic E-state index is 0.153. The molecule has 1 aliphatic rings. The predicted octanol–water partition coefficient (Wildman–Crippen LogP) is 4.06. The summed E-state index contributed by atoms with van der Waals surface area (Å²) < 4.78 is 2.12. The molecule has 4 rings (SSSR count). The van der Waals surface area contributed by atoms with Crippen molar-refractivity contribution < 1.29 is 14.4 Å². The van der Waals surface area contributed by atoms with Crippen molar-refractivity contribution in [3.8, 4) is 0 Å². The van der Waals surface area contributed by atoms with Crippen molar-refractivity contribution in [2.75, 3.05) is 11.9 Å². The summed E-state index contributed by atoms with van der Waals surface area (Å²) in [5.41, 5.74) is 3.72. The van der Waals surface area contributed by atoms with Crippen LogP contribution in [0.5, 0.6) is 0 Å². The van der Waals surface area contributed by atoms with Crippen LogP contribution in [0.15, 0.2) is 60.4 Å². The fourth-order valence-corrected chi connectivity index (χ4v) is 3.63. The summed E-state index contributed by atoms with van der Waals surface area (Å²) in [5.74, 6) is -0.963. The van der Waals surface area contributed by atoms with Crippen molar-refractivity contribution >= 4 is 40.5 Å². The van der Waals surface area contributed by atoms with Crippen molar-refractivity contribution in [1.29, 1.82) is 0 Å². The largest absolute Gasteiger partial charge is 0.344 e. The Hall–Kier alpha value is -3.87. The molecule has 2 aromatic carbocycles. The van der Waals surface area contributed by atoms with Gasteiger partial charge in [0.2, 0.25) is 5.91 Å². The lowest BCUT2D eigenvalue weighted by Gasteiger charge is -2.12. The van der Waals surface area contributed by atoms with Gasteiger partial charge in [0, 0.05) is 34.4 Å². The summed E-state index contributed by atoms with van der Waals surface area (Å²) in [5, 5.41) is 6.28. The number of hydrogen-bond donors (Lipinski definition) is 2. The lowest BCUT2D eigenvalue weighted by molar-refractivity contribution is -0.127. The van der Waals surface area contributed by atoms with Gasteiger partial charge in [0.25, 0.3) is 5.91 Å². The van der Waals surface area contributed by atoms with Gasteiger partial charge in [-0.2, -0.15) is 0 Å². The number of carbonyl (C=O) groups excluding carboxylic acids is 3. The van der Waals surface area contributed by atoms with E-state index in [1.807, 2.05) is 49.5 Å². The topological polar surface area (TPSA) is 83.4 Å². The van der Waals surface area contributed by atoms with E-state index in [9.17, 15) is 14.4 Å². The Morgan fingerprint density at radius 1 is 1.10 bits per heavy atom. The van der Waals surface area contributed by atoms with Crippen LogP contribution >= 0.6 is 0 Å². The molecule has 1 fully saturated rings. The van der Waals surface area contributed by atoms with Crippen LogP contribution in [0, 0.1) is 6.92 Å². The number of benzene rings is 2. The second-order valence-electron chi connectivity index (χ2n) is 7.90. The monoisotopic (exact) mass is 416 g/mol. The van der Waals surface area contributed by atoms with Crippen molar-refractivity contribution in [2.24, 2.45) is 0 Å². The molecule has 7 nitrogen and oxygen atoms in total. The minimum Gasteiger partial charge on any atom is -0.344 e. The van der Waals surface area contributed by atoms with E-state index >= 15 is 0 Å². The number of anilines is 1. The van der Waals surface area contributed by atoms with Crippen molar-refractivity contribution in [1.82, 2.24) is 14.8 Å². The molecule has 0 unspecified atom stereocenters. The van der Waals surface area contributed by atoms with E-state index in [2.05, 4.69) is 29.0 Å². The molecule has 4 amide bonds. The normalized spacial score (nSPS) is 15.2. The molecule has 0 aliphatic carbocycles. The van der Waals surface area contributed by atoms with Gasteiger partial charge < -0.3 is 15.2 Å². The van der Waals surface area contributed by atoms with Crippen LogP contribution in [-0.4, -0.2) is 33.9 Å². The van der Waals surface area contributed by atoms with Crippen LogP contribution in [-0.2, 0) is 9.59 Å². The quantitative estimate of drug-likeness (QED) is 0.486. The number of amides is 4. The Kier molecular flexibility index (Phi) is 5.33. The molecule has 1 saturated heterocycles. The average Bonchev–Trinajstić information content (AvgIpc) is 3.23. The standard InChI is InChI=1S/C24H24N4O3/c1-15(2)27-13-17(19-6-4-5-7-21(19)27)12-20-23(30)28(24(31)26-20)14-22(29)25-18-10-8-16(3)9-11-18/h4-13,15H,14H2,1-3H3,(H,25,29)(H,26,31). The molecule has 1 aromatic heterocycles. The summed E-state index contributed by atoms with van der Waals surface area (Å²) in [6.07, 6.45) is 3.63. The Morgan fingerprint density at radius 3 is 2.52 bits per heavy atom. The minimum atomic E-state index is -0.608. The number of urea groups is 1. The number of carbonyl (C=O) groups is 3. The summed E-state index contributed by atoms with van der Waals surface area (Å²) in [6.45, 7) is 5.76. The van der Waals surface area contributed by atoms with Gasteiger partial charge in [-0.15, -0.1) is 0 Å². The fraction of sp³-hybridized carbons (Fsp3) is 0.208. The number of fused-ring (bicyclic) bond motifs is 1. The number of nitrogens with one attached hydrogen (secondary N) is 2. The molecule has 3 aromatic rings. The van der Waals surface area contributed by atoms with E-state index in [-0.39, 0.29) is 18.3 Å². The third-order valence-electron chi connectivity index (χ3n) is 5.23. The molecular weight excluding hydrogens is 392 g/mol. The van der Waals surface area contributed by atoms with Gasteiger partial charge in [-0.1, -0.05) is 35.9 Å². The first-order valence-electron chi connectivity index (χ1n) is 10.1. The van der Waals surface area contributed by atoms with E-state index in [1.54, 1.807) is 18.2 Å². The second kappa shape index (κ2) is 8.10. The third-order valence-corrected chi connectivity index (χ3v) is 5.23. The summed E-state index contributed by atoms with van der Waals surface area (Å²) in [6, 6.07) is 14.8. The average molecular weight is 416 g/mol. The smallest absolute Gasteiger partial charge is 0.329 e. The van der Waals surface area contributed by atoms with Crippen molar-refractivity contribution in [2.45, 2.75) is 26.8 Å². The lowest BCUT2D eigenvalue weighted by atomic mass is 10.1. The SMILES string of the molecule is Cc1ccc(NC(=O)CN2C(=O)NC(=Cc3cn(C(C)C)c4ccccc34)C2=O)cc1. The Balaban J connectivity index is 1.54. The summed E-state index contributed by atoms with van der Waals surface area (Å²) in [7, 11) is 0. The Bertz CT molecular complexity index is 1210. The molecule has 158 valence electrons. The van der Waals surface area contributed by atoms with Crippen LogP contribution in [0.2, 0.25) is 0 Å². The molecule has 31 heavy (non-hydrogen) atoms. The molecule has 1 aliphatic heterocycles. The molecule has 0 atom stereocenters. The number of aryl methyl sites for hydroxylation is 1. The van der Waals surface area contributed by atoms with E-state index < -0.39 is 17.8 Å². The number of nitrogens with zero attached hydrogens (tertiary/aromatic N) is 2. The van der Waals surface area contributed by atoms with Crippen LogP contribution in [0.25, 0.3) is 17.0 Å². The molecule has 7 heteroatoms. The molecule has 2 heterocycles. The first kappa shape index (κ1) is 20.4. The zero-order valence-corrected chi connectivity index (χ0v) is 17.7. The maximum atomic E-state index is 12.8. The molecule has 0 bridgehead atoms. The maximum absolute atomic E-state index is 12.8. The lowest BCUT2D eigenvalue weighted by Crippen LogP contribution is -2.38. The van der Waals surface area contributed by atoms with E-state index in [4.69, 9.17) is 0 Å². The van der Waals surface area contributed by atoms with Gasteiger partial charge in [0.15, 0.2) is 0 Å². The van der Waals surface area contributed by atoms with Crippen LogP contribution < -0.4 is 10.6 Å². The van der Waals surface area contributed by atoms with Gasteiger partial charge in [0.05, 0.1) is 0 Å². The molecular formula is C24H24N4O3. The highest BCUT2D eigenvalue weighted by Crippen LogP contribution is 2.27. The second-order valence-corrected chi connectivity index (χ2v) is 7.90. The van der Waals surface area contributed by atoms with Gasteiger partial charge in [-0.05, 0) is 45.0 Å². The fourth-order valence-electron chi connectivity index (χ4n) is 3.63. The van der Waals surface area contributed by atoms with E-state index in [0.29, 0.717) is 5.69 Å². The number of para-hydroxylation sites is 1. The zero-order valence-electron chi connectivity index (χ0n) is 17.7. The van der Waals surface area contributed by atoms with Crippen LogP contribution in [0.1, 0.15) is 31.0 Å². The van der Waals surface area contributed by atoms with Crippen LogP contribution in [0.3, 0.4) is 0 Å². The van der Waals surface area contributed by atoms with Gasteiger partial charge >= 0.3 is 6.03 Å². The Morgan fingerprint density at radius 2 is 1.81 bits per heavy atom. The van der Waals surface area contributed by atoms with E-state index in [1.165, 1.54) is 0 Å². The highest BCUT2D eigenvalue weighted by molar-refractivity contribution is 6.16. The van der Waals surface area contributed by atoms with Gasteiger partial charge in [-0.25, -0.2) is 9.69 Å². The van der Waals surface area contributed by atoms with Crippen LogP contribution in [0.4, 0.5) is 10.5 Å². The summed E-state index contributed by atoms with van der Waals surface area (Å²) in [4.78, 5) is 38.4. The van der Waals surface area contributed by atoms with Gasteiger partial charge in [-0.3, -0.25) is 9.59 Å². The van der Waals surface area contributed by atoms with Gasteiger partial charge in [0.1, 0.15) is 12.2 Å². The molecule has 0 spiro atoms. The van der Waals surface area contributed by atoms with Crippen molar-refractivity contribution in [3.05, 3.63) is 71.6 Å². The first-order chi connectivity index (χ1) is 14.8. The van der Waals surface area contributed by atoms with E-state index in [0.717, 1.165) is 26.9 Å². The number of rotatable bonds is 5. The predicted molar refractivity (Wildman–Crippen MR) is 120 cm³/mol. The maximum Gasteiger partial charge on any atom is 0.329 e. The molecule has 2 N–H and O–H groups in total. The number of imide groups is 1. The Labute approximate surface area is 180 Å². The number of aromatic nitrogens is 1. The first-order valence-corrected chi connectivity index (χ1v) is 10.1. The highest BCUT2D eigenvalue weighted by atomic mass is 16.2. The van der Waals surface area contributed by atoms with Crippen molar-refractivity contribution in [3.63, 3.8) is 0 Å². The molecule has 0 radical (unpaired) electrons. The zero-order chi connectivity index (χ0) is 22.1. The molecule has 0 saturated carbocycles.